The number of carbonyl (C=O) groups excluding carboxylic acids is 1. The Morgan fingerprint density at radius 1 is 1.50 bits per heavy atom. The Morgan fingerprint density at radius 3 is 2.56 bits per heavy atom. The van der Waals surface area contributed by atoms with Gasteiger partial charge in [-0.25, -0.2) is 0 Å². The maximum Gasteiger partial charge on any atom is 0.237 e. The molecule has 0 aromatic rings. The van der Waals surface area contributed by atoms with Crippen LogP contribution >= 0.6 is 0 Å². The SMILES string of the molecule is CC(C)(NCC(O)CC1CCCC1)C(N)=O. The lowest BCUT2D eigenvalue weighted by atomic mass is 9.99. The minimum absolute atomic E-state index is 0.373. The van der Waals surface area contributed by atoms with E-state index in [2.05, 4.69) is 5.32 Å². The summed E-state index contributed by atoms with van der Waals surface area (Å²) in [6.07, 6.45) is 5.51. The highest BCUT2D eigenvalue weighted by Gasteiger charge is 2.26. The molecule has 0 bridgehead atoms. The molecule has 1 aliphatic rings. The van der Waals surface area contributed by atoms with Crippen molar-refractivity contribution in [2.45, 2.75) is 57.6 Å². The first kappa shape index (κ1) is 13.5. The number of aliphatic hydroxyl groups excluding tert-OH is 1. The molecule has 0 spiro atoms. The van der Waals surface area contributed by atoms with Crippen LogP contribution in [-0.4, -0.2) is 29.2 Å². The summed E-state index contributed by atoms with van der Waals surface area (Å²) in [6.45, 7) is 3.90. The van der Waals surface area contributed by atoms with Gasteiger partial charge in [-0.1, -0.05) is 25.7 Å². The Kier molecular flexibility index (Phi) is 4.74. The fourth-order valence-corrected chi connectivity index (χ4v) is 2.17. The summed E-state index contributed by atoms with van der Waals surface area (Å²) in [5, 5.41) is 12.8. The van der Waals surface area contributed by atoms with Crippen LogP contribution in [0.2, 0.25) is 0 Å². The topological polar surface area (TPSA) is 75.3 Å². The van der Waals surface area contributed by atoms with E-state index in [1.807, 2.05) is 0 Å². The number of amides is 1. The number of rotatable bonds is 6. The largest absolute Gasteiger partial charge is 0.392 e. The second kappa shape index (κ2) is 5.64. The highest BCUT2D eigenvalue weighted by molar-refractivity contribution is 5.83. The Balaban J connectivity index is 2.23. The molecule has 1 aliphatic carbocycles. The predicted octanol–water partition coefficient (Wildman–Crippen LogP) is 0.781. The van der Waals surface area contributed by atoms with Crippen molar-refractivity contribution >= 4 is 5.91 Å². The van der Waals surface area contributed by atoms with Crippen molar-refractivity contribution in [2.75, 3.05) is 6.54 Å². The van der Waals surface area contributed by atoms with E-state index in [0.717, 1.165) is 6.42 Å². The van der Waals surface area contributed by atoms with Crippen LogP contribution in [0.25, 0.3) is 0 Å². The molecule has 4 heteroatoms. The molecule has 1 atom stereocenters. The molecule has 0 heterocycles. The molecule has 0 saturated heterocycles. The van der Waals surface area contributed by atoms with Gasteiger partial charge in [-0.3, -0.25) is 4.79 Å². The summed E-state index contributed by atoms with van der Waals surface area (Å²) in [5.41, 5.74) is 4.50. The van der Waals surface area contributed by atoms with Crippen molar-refractivity contribution in [1.82, 2.24) is 5.32 Å². The molecular weight excluding hydrogens is 204 g/mol. The van der Waals surface area contributed by atoms with Crippen LogP contribution in [-0.2, 0) is 4.79 Å². The van der Waals surface area contributed by atoms with Crippen LogP contribution in [0.3, 0.4) is 0 Å². The van der Waals surface area contributed by atoms with Gasteiger partial charge in [0.15, 0.2) is 0 Å². The molecule has 1 saturated carbocycles. The first-order valence-corrected chi connectivity index (χ1v) is 6.15. The number of β-amino-alcohol motifs (C(OH)–C–C–N with tert-alkyl or cyclic N) is 1. The van der Waals surface area contributed by atoms with Gasteiger partial charge >= 0.3 is 0 Å². The molecule has 0 aromatic carbocycles. The summed E-state index contributed by atoms with van der Waals surface area (Å²) < 4.78 is 0. The number of nitrogens with two attached hydrogens (primary N) is 1. The van der Waals surface area contributed by atoms with Crippen LogP contribution in [0.15, 0.2) is 0 Å². The smallest absolute Gasteiger partial charge is 0.237 e. The van der Waals surface area contributed by atoms with E-state index < -0.39 is 5.54 Å². The van der Waals surface area contributed by atoms with Gasteiger partial charge in [-0.2, -0.15) is 0 Å². The third-order valence-corrected chi connectivity index (χ3v) is 3.48. The molecule has 4 N–H and O–H groups in total. The van der Waals surface area contributed by atoms with Crippen LogP contribution in [0.1, 0.15) is 46.0 Å². The fraction of sp³-hybridized carbons (Fsp3) is 0.917. The highest BCUT2D eigenvalue weighted by atomic mass is 16.3. The van der Waals surface area contributed by atoms with Crippen molar-refractivity contribution in [2.24, 2.45) is 11.7 Å². The molecule has 4 nitrogen and oxygen atoms in total. The molecule has 0 radical (unpaired) electrons. The minimum Gasteiger partial charge on any atom is -0.392 e. The van der Waals surface area contributed by atoms with Gasteiger partial charge in [-0.05, 0) is 26.2 Å². The van der Waals surface area contributed by atoms with Crippen LogP contribution in [0, 0.1) is 5.92 Å². The van der Waals surface area contributed by atoms with E-state index in [9.17, 15) is 9.90 Å². The summed E-state index contributed by atoms with van der Waals surface area (Å²) in [7, 11) is 0. The van der Waals surface area contributed by atoms with E-state index in [0.29, 0.717) is 12.5 Å². The first-order valence-electron chi connectivity index (χ1n) is 6.15. The predicted molar refractivity (Wildman–Crippen MR) is 63.9 cm³/mol. The lowest BCUT2D eigenvalue weighted by Crippen LogP contribution is -2.52. The van der Waals surface area contributed by atoms with Crippen LogP contribution in [0.4, 0.5) is 0 Å². The third-order valence-electron chi connectivity index (χ3n) is 3.48. The zero-order valence-electron chi connectivity index (χ0n) is 10.3. The normalized spacial score (nSPS) is 19.9. The summed E-state index contributed by atoms with van der Waals surface area (Å²) >= 11 is 0. The van der Waals surface area contributed by atoms with Crippen LogP contribution in [0.5, 0.6) is 0 Å². The Hall–Kier alpha value is -0.610. The van der Waals surface area contributed by atoms with Gasteiger partial charge in [0.25, 0.3) is 0 Å². The van der Waals surface area contributed by atoms with Gasteiger partial charge in [0.05, 0.1) is 11.6 Å². The summed E-state index contributed by atoms with van der Waals surface area (Å²) in [5.74, 6) is 0.272. The van der Waals surface area contributed by atoms with E-state index >= 15 is 0 Å². The third kappa shape index (κ3) is 4.10. The van der Waals surface area contributed by atoms with Crippen molar-refractivity contribution in [3.05, 3.63) is 0 Å². The second-order valence-corrected chi connectivity index (χ2v) is 5.41. The Morgan fingerprint density at radius 2 is 2.06 bits per heavy atom. The van der Waals surface area contributed by atoms with Gasteiger partial charge in [0.1, 0.15) is 0 Å². The standard InChI is InChI=1S/C12H24N2O2/c1-12(2,11(13)16)14-8-10(15)7-9-5-3-4-6-9/h9-10,14-15H,3-8H2,1-2H3,(H2,13,16). The molecular formula is C12H24N2O2. The molecule has 0 aromatic heterocycles. The average molecular weight is 228 g/mol. The minimum atomic E-state index is -0.739. The Labute approximate surface area is 97.6 Å². The molecule has 0 aliphatic heterocycles. The average Bonchev–Trinajstić information content (AvgIpc) is 2.67. The summed E-state index contributed by atoms with van der Waals surface area (Å²) in [4.78, 5) is 11.1. The van der Waals surface area contributed by atoms with Crippen molar-refractivity contribution < 1.29 is 9.90 Å². The van der Waals surface area contributed by atoms with Crippen molar-refractivity contribution in [1.29, 1.82) is 0 Å². The molecule has 1 rings (SSSR count). The lowest BCUT2D eigenvalue weighted by molar-refractivity contribution is -0.123. The van der Waals surface area contributed by atoms with Gasteiger partial charge in [0, 0.05) is 6.54 Å². The fourth-order valence-electron chi connectivity index (χ4n) is 2.17. The Bertz CT molecular complexity index is 235. The quantitative estimate of drug-likeness (QED) is 0.629. The maximum absolute atomic E-state index is 11.1. The number of nitrogens with one attached hydrogen (secondary N) is 1. The number of primary amides is 1. The molecule has 16 heavy (non-hydrogen) atoms. The van der Waals surface area contributed by atoms with Crippen molar-refractivity contribution in [3.8, 4) is 0 Å². The first-order chi connectivity index (χ1) is 7.42. The van der Waals surface area contributed by atoms with Crippen molar-refractivity contribution in [3.63, 3.8) is 0 Å². The van der Waals surface area contributed by atoms with E-state index in [1.165, 1.54) is 25.7 Å². The van der Waals surface area contributed by atoms with Gasteiger partial charge in [-0.15, -0.1) is 0 Å². The zero-order valence-corrected chi connectivity index (χ0v) is 10.3. The van der Waals surface area contributed by atoms with E-state index in [4.69, 9.17) is 5.73 Å². The maximum atomic E-state index is 11.1. The lowest BCUT2D eigenvalue weighted by Gasteiger charge is -2.25. The zero-order chi connectivity index (χ0) is 12.2. The number of carbonyl (C=O) groups is 1. The van der Waals surface area contributed by atoms with Gasteiger partial charge < -0.3 is 16.2 Å². The second-order valence-electron chi connectivity index (χ2n) is 5.41. The molecule has 1 unspecified atom stereocenters. The molecule has 94 valence electrons. The van der Waals surface area contributed by atoms with Crippen LogP contribution < -0.4 is 11.1 Å². The van der Waals surface area contributed by atoms with Gasteiger partial charge in [0.2, 0.25) is 5.91 Å². The number of hydrogen-bond donors (Lipinski definition) is 3. The molecule has 1 fully saturated rings. The number of hydrogen-bond acceptors (Lipinski definition) is 3. The van der Waals surface area contributed by atoms with E-state index in [-0.39, 0.29) is 12.0 Å². The summed E-state index contributed by atoms with van der Waals surface area (Å²) in [6, 6.07) is 0. The molecule has 1 amide bonds. The highest BCUT2D eigenvalue weighted by Crippen LogP contribution is 2.28. The number of aliphatic hydroxyl groups is 1. The van der Waals surface area contributed by atoms with E-state index in [1.54, 1.807) is 13.8 Å². The monoisotopic (exact) mass is 228 g/mol.